The van der Waals surface area contributed by atoms with Gasteiger partial charge in [0.25, 0.3) is 15.9 Å². The van der Waals surface area contributed by atoms with E-state index >= 15 is 0 Å². The van der Waals surface area contributed by atoms with Crippen LogP contribution in [0, 0.1) is 0 Å². The summed E-state index contributed by atoms with van der Waals surface area (Å²) in [6, 6.07) is 20.1. The monoisotopic (exact) mass is 523 g/mol. The van der Waals surface area contributed by atoms with Crippen LogP contribution in [0.5, 0.6) is 0 Å². The van der Waals surface area contributed by atoms with Gasteiger partial charge in [0, 0.05) is 23.7 Å². The van der Waals surface area contributed by atoms with Crippen molar-refractivity contribution < 1.29 is 18.0 Å². The van der Waals surface area contributed by atoms with E-state index < -0.39 is 10.0 Å². The lowest BCUT2D eigenvalue weighted by molar-refractivity contribution is -0.117. The quantitative estimate of drug-likeness (QED) is 0.431. The minimum Gasteiger partial charge on any atom is -0.352 e. The van der Waals surface area contributed by atoms with Gasteiger partial charge in [0.2, 0.25) is 5.91 Å². The number of hydrogen-bond donors (Lipinski definition) is 2. The molecule has 0 radical (unpaired) electrons. The van der Waals surface area contributed by atoms with E-state index in [2.05, 4.69) is 17.2 Å². The third kappa shape index (κ3) is 5.61. The normalized spacial score (nSPS) is 15.0. The van der Waals surface area contributed by atoms with Gasteiger partial charge in [-0.2, -0.15) is 0 Å². The van der Waals surface area contributed by atoms with Gasteiger partial charge in [-0.25, -0.2) is 8.42 Å². The molecule has 2 N–H and O–H groups in total. The van der Waals surface area contributed by atoms with Crippen molar-refractivity contribution in [1.29, 1.82) is 0 Å². The molecule has 0 saturated heterocycles. The van der Waals surface area contributed by atoms with Crippen molar-refractivity contribution in [3.05, 3.63) is 107 Å². The summed E-state index contributed by atoms with van der Waals surface area (Å²) >= 11 is 5.89. The molecule has 2 amide bonds. The Morgan fingerprint density at radius 2 is 1.72 bits per heavy atom. The molecule has 3 aromatic carbocycles. The number of fused-ring (bicyclic) bond motifs is 1. The van der Waals surface area contributed by atoms with Gasteiger partial charge in [0.15, 0.2) is 0 Å². The molecule has 0 spiro atoms. The van der Waals surface area contributed by atoms with Gasteiger partial charge in [0.1, 0.15) is 0 Å². The molecular weight excluding hydrogens is 498 g/mol. The Kier molecular flexibility index (Phi) is 7.76. The molecule has 1 heterocycles. The van der Waals surface area contributed by atoms with Gasteiger partial charge in [-0.3, -0.25) is 13.9 Å². The summed E-state index contributed by atoms with van der Waals surface area (Å²) in [5.41, 5.74) is 2.66. The van der Waals surface area contributed by atoms with E-state index in [-0.39, 0.29) is 29.3 Å². The minimum absolute atomic E-state index is 0.0867. The van der Waals surface area contributed by atoms with Crippen LogP contribution in [-0.4, -0.2) is 33.3 Å². The van der Waals surface area contributed by atoms with Crippen molar-refractivity contribution in [1.82, 2.24) is 10.6 Å². The van der Waals surface area contributed by atoms with Gasteiger partial charge < -0.3 is 10.6 Å². The van der Waals surface area contributed by atoms with E-state index in [4.69, 9.17) is 11.6 Å². The zero-order valence-corrected chi connectivity index (χ0v) is 21.1. The number of nitrogens with zero attached hydrogens (tertiary/aromatic N) is 1. The van der Waals surface area contributed by atoms with Gasteiger partial charge >= 0.3 is 0 Å². The lowest BCUT2D eigenvalue weighted by Crippen LogP contribution is -2.40. The molecule has 1 aliphatic rings. The second-order valence-corrected chi connectivity index (χ2v) is 10.6. The Morgan fingerprint density at radius 3 is 2.42 bits per heavy atom. The molecule has 1 unspecified atom stereocenters. The first-order chi connectivity index (χ1) is 17.3. The lowest BCUT2D eigenvalue weighted by atomic mass is 9.98. The Bertz CT molecular complexity index is 1370. The number of sulfonamides is 1. The maximum Gasteiger partial charge on any atom is 0.264 e. The molecule has 0 aromatic heterocycles. The number of amides is 2. The summed E-state index contributed by atoms with van der Waals surface area (Å²) in [5.74, 6) is -0.592. The fraction of sp³-hybridized carbons (Fsp3) is 0.185. The van der Waals surface area contributed by atoms with E-state index in [1.54, 1.807) is 24.3 Å². The SMILES string of the molecule is C=CC(=O)NC1CCN(S(=O)(=O)c2ccc(C(=O)NCCc3ccc(Cl)cc3)cc2)c2ccccc21. The van der Waals surface area contributed by atoms with Crippen LogP contribution in [0.4, 0.5) is 5.69 Å². The number of nitrogens with one attached hydrogen (secondary N) is 2. The Balaban J connectivity index is 1.46. The number of carbonyl (C=O) groups excluding carboxylic acids is 2. The molecule has 36 heavy (non-hydrogen) atoms. The van der Waals surface area contributed by atoms with Crippen LogP contribution in [0.25, 0.3) is 0 Å². The predicted octanol–water partition coefficient (Wildman–Crippen LogP) is 4.25. The highest BCUT2D eigenvalue weighted by Gasteiger charge is 2.33. The molecule has 0 fully saturated rings. The molecular formula is C27H26ClN3O4S. The van der Waals surface area contributed by atoms with Crippen LogP contribution in [-0.2, 0) is 21.2 Å². The maximum absolute atomic E-state index is 13.5. The highest BCUT2D eigenvalue weighted by molar-refractivity contribution is 7.92. The maximum atomic E-state index is 13.5. The molecule has 1 atom stereocenters. The zero-order chi connectivity index (χ0) is 25.7. The Morgan fingerprint density at radius 1 is 1.03 bits per heavy atom. The number of benzene rings is 3. The van der Waals surface area contributed by atoms with Crippen molar-refractivity contribution in [2.75, 3.05) is 17.4 Å². The topological polar surface area (TPSA) is 95.6 Å². The van der Waals surface area contributed by atoms with E-state index in [9.17, 15) is 18.0 Å². The smallest absolute Gasteiger partial charge is 0.264 e. The summed E-state index contributed by atoms with van der Waals surface area (Å²) in [7, 11) is -3.87. The molecule has 3 aromatic rings. The largest absolute Gasteiger partial charge is 0.352 e. The standard InChI is InChI=1S/C27H26ClN3O4S/c1-2-26(32)30-24-16-18-31(25-6-4-3-5-23(24)25)36(34,35)22-13-9-20(10-14-22)27(33)29-17-15-19-7-11-21(28)12-8-19/h2-14,24H,1,15-18H2,(H,29,33)(H,30,32). The van der Waals surface area contributed by atoms with Crippen LogP contribution in [0.1, 0.15) is 33.9 Å². The minimum atomic E-state index is -3.87. The molecule has 0 saturated carbocycles. The van der Waals surface area contributed by atoms with Gasteiger partial charge in [-0.05, 0) is 72.5 Å². The van der Waals surface area contributed by atoms with Crippen molar-refractivity contribution in [2.24, 2.45) is 0 Å². The highest BCUT2D eigenvalue weighted by Crippen LogP contribution is 2.37. The van der Waals surface area contributed by atoms with Crippen molar-refractivity contribution in [3.8, 4) is 0 Å². The molecule has 9 heteroatoms. The summed E-state index contributed by atoms with van der Waals surface area (Å²) in [6.45, 7) is 4.12. The molecule has 186 valence electrons. The fourth-order valence-corrected chi connectivity index (χ4v) is 5.77. The van der Waals surface area contributed by atoms with E-state index in [0.29, 0.717) is 35.7 Å². The summed E-state index contributed by atoms with van der Waals surface area (Å²) < 4.78 is 28.3. The first kappa shape index (κ1) is 25.5. The average molecular weight is 524 g/mol. The molecule has 0 aliphatic carbocycles. The van der Waals surface area contributed by atoms with Crippen LogP contribution < -0.4 is 14.9 Å². The average Bonchev–Trinajstić information content (AvgIpc) is 2.89. The summed E-state index contributed by atoms with van der Waals surface area (Å²) in [6.07, 6.45) is 2.27. The first-order valence-electron chi connectivity index (χ1n) is 11.5. The molecule has 7 nitrogen and oxygen atoms in total. The van der Waals surface area contributed by atoms with Crippen molar-refractivity contribution in [3.63, 3.8) is 0 Å². The third-order valence-electron chi connectivity index (χ3n) is 6.02. The summed E-state index contributed by atoms with van der Waals surface area (Å²) in [4.78, 5) is 24.4. The first-order valence-corrected chi connectivity index (χ1v) is 13.3. The molecule has 0 bridgehead atoms. The van der Waals surface area contributed by atoms with Crippen LogP contribution >= 0.6 is 11.6 Å². The van der Waals surface area contributed by atoms with Gasteiger partial charge in [0.05, 0.1) is 16.6 Å². The number of carbonyl (C=O) groups is 2. The van der Waals surface area contributed by atoms with Crippen LogP contribution in [0.2, 0.25) is 5.02 Å². The van der Waals surface area contributed by atoms with E-state index in [0.717, 1.165) is 11.1 Å². The van der Waals surface area contributed by atoms with Crippen LogP contribution in [0.3, 0.4) is 0 Å². The van der Waals surface area contributed by atoms with E-state index in [1.165, 1.54) is 34.6 Å². The number of halogens is 1. The summed E-state index contributed by atoms with van der Waals surface area (Å²) in [5, 5.41) is 6.36. The molecule has 4 rings (SSSR count). The highest BCUT2D eigenvalue weighted by atomic mass is 35.5. The number of hydrogen-bond acceptors (Lipinski definition) is 4. The number of anilines is 1. The fourth-order valence-electron chi connectivity index (χ4n) is 4.14. The third-order valence-corrected chi connectivity index (χ3v) is 8.10. The van der Waals surface area contributed by atoms with Gasteiger partial charge in [-0.15, -0.1) is 0 Å². The zero-order valence-electron chi connectivity index (χ0n) is 19.5. The second kappa shape index (κ2) is 11.0. The second-order valence-electron chi connectivity index (χ2n) is 8.35. The van der Waals surface area contributed by atoms with Gasteiger partial charge in [-0.1, -0.05) is 48.5 Å². The lowest BCUT2D eigenvalue weighted by Gasteiger charge is -2.35. The van der Waals surface area contributed by atoms with Crippen LogP contribution in [0.15, 0.2) is 90.3 Å². The number of rotatable bonds is 8. The molecule has 1 aliphatic heterocycles. The van der Waals surface area contributed by atoms with E-state index in [1.807, 2.05) is 24.3 Å². The van der Waals surface area contributed by atoms with Crippen molar-refractivity contribution >= 4 is 39.1 Å². The Labute approximate surface area is 215 Å². The van der Waals surface area contributed by atoms with Crippen molar-refractivity contribution in [2.45, 2.75) is 23.8 Å². The number of para-hydroxylation sites is 1. The Hall–Kier alpha value is -3.62. The predicted molar refractivity (Wildman–Crippen MR) is 141 cm³/mol.